The van der Waals surface area contributed by atoms with Crippen LogP contribution in [0.15, 0.2) is 35.4 Å². The highest BCUT2D eigenvalue weighted by atomic mass is 35.5. The Morgan fingerprint density at radius 1 is 1.32 bits per heavy atom. The number of amides is 2. The number of carbonyl (C=O) groups excluding carboxylic acids is 2. The van der Waals surface area contributed by atoms with Gasteiger partial charge in [-0.25, -0.2) is 9.66 Å². The molecule has 3 heterocycles. The average molecular weight is 417 g/mol. The second kappa shape index (κ2) is 7.03. The number of rotatable bonds is 3. The largest absolute Gasteiger partial charge is 0.312 e. The van der Waals surface area contributed by atoms with E-state index >= 15 is 0 Å². The lowest BCUT2D eigenvalue weighted by Gasteiger charge is -2.17. The van der Waals surface area contributed by atoms with Gasteiger partial charge in [0.25, 0.3) is 5.56 Å². The third kappa shape index (κ3) is 3.18. The zero-order chi connectivity index (χ0) is 20.0. The third-order valence-corrected chi connectivity index (χ3v) is 6.29. The monoisotopic (exact) mass is 416 g/mol. The highest BCUT2D eigenvalue weighted by Gasteiger charge is 2.35. The number of carbonyl (C=O) groups is 2. The van der Waals surface area contributed by atoms with Gasteiger partial charge in [0, 0.05) is 28.6 Å². The van der Waals surface area contributed by atoms with Gasteiger partial charge in [-0.2, -0.15) is 0 Å². The molecule has 4 rings (SSSR count). The Kier molecular flexibility index (Phi) is 4.68. The summed E-state index contributed by atoms with van der Waals surface area (Å²) in [4.78, 5) is 45.2. The maximum atomic E-state index is 12.7. The lowest BCUT2D eigenvalue weighted by Crippen LogP contribution is -2.37. The standard InChI is InChI=1S/C19H17ClN4O3S/c1-10-11(2)28-18-16(10)19(27)24(9-21-18)22-17(26)12-6-15(25)23(8-12)14-5-3-4-13(20)7-14/h3-5,7,9,12H,6,8H2,1-2H3,(H,22,26)/t12-/m1/s1. The maximum Gasteiger partial charge on any atom is 0.281 e. The number of fused-ring (bicyclic) bond motifs is 1. The number of anilines is 1. The van der Waals surface area contributed by atoms with Gasteiger partial charge in [-0.3, -0.25) is 19.8 Å². The number of hydrogen-bond donors (Lipinski definition) is 1. The molecule has 144 valence electrons. The van der Waals surface area contributed by atoms with Gasteiger partial charge in [-0.05, 0) is 37.6 Å². The van der Waals surface area contributed by atoms with Crippen LogP contribution in [0.3, 0.4) is 0 Å². The summed E-state index contributed by atoms with van der Waals surface area (Å²) in [7, 11) is 0. The zero-order valence-corrected chi connectivity index (χ0v) is 16.8. The summed E-state index contributed by atoms with van der Waals surface area (Å²) in [5.41, 5.74) is 3.78. The van der Waals surface area contributed by atoms with Gasteiger partial charge in [0.1, 0.15) is 11.2 Å². The number of aromatic nitrogens is 2. The molecule has 0 radical (unpaired) electrons. The molecule has 0 saturated carbocycles. The van der Waals surface area contributed by atoms with Gasteiger partial charge in [-0.1, -0.05) is 17.7 Å². The van der Waals surface area contributed by atoms with Gasteiger partial charge in [0.2, 0.25) is 11.8 Å². The van der Waals surface area contributed by atoms with Crippen molar-refractivity contribution in [2.45, 2.75) is 20.3 Å². The van der Waals surface area contributed by atoms with E-state index in [1.165, 1.54) is 22.6 Å². The van der Waals surface area contributed by atoms with E-state index in [2.05, 4.69) is 10.4 Å². The van der Waals surface area contributed by atoms with E-state index < -0.39 is 11.8 Å². The molecular weight excluding hydrogens is 400 g/mol. The molecule has 0 bridgehead atoms. The van der Waals surface area contributed by atoms with Gasteiger partial charge in [0.15, 0.2) is 0 Å². The molecular formula is C19H17ClN4O3S. The first-order valence-electron chi connectivity index (χ1n) is 8.69. The molecule has 9 heteroatoms. The smallest absolute Gasteiger partial charge is 0.281 e. The van der Waals surface area contributed by atoms with Crippen LogP contribution >= 0.6 is 22.9 Å². The van der Waals surface area contributed by atoms with Crippen molar-refractivity contribution in [1.82, 2.24) is 9.66 Å². The zero-order valence-electron chi connectivity index (χ0n) is 15.2. The molecule has 7 nitrogen and oxygen atoms in total. The van der Waals surface area contributed by atoms with Crippen LogP contribution in [0.25, 0.3) is 10.2 Å². The van der Waals surface area contributed by atoms with Crippen LogP contribution in [-0.4, -0.2) is 28.0 Å². The second-order valence-corrected chi connectivity index (χ2v) is 8.38. The first-order chi connectivity index (χ1) is 13.3. The van der Waals surface area contributed by atoms with Crippen LogP contribution in [0.5, 0.6) is 0 Å². The van der Waals surface area contributed by atoms with E-state index in [1.54, 1.807) is 24.3 Å². The van der Waals surface area contributed by atoms with E-state index in [-0.39, 0.29) is 24.4 Å². The van der Waals surface area contributed by atoms with E-state index in [0.717, 1.165) is 15.1 Å². The van der Waals surface area contributed by atoms with Crippen LogP contribution in [0, 0.1) is 19.8 Å². The van der Waals surface area contributed by atoms with Crippen molar-refractivity contribution < 1.29 is 9.59 Å². The fourth-order valence-corrected chi connectivity index (χ4v) is 4.47. The Morgan fingerprint density at radius 2 is 2.11 bits per heavy atom. The van der Waals surface area contributed by atoms with Crippen molar-refractivity contribution in [2.75, 3.05) is 16.9 Å². The summed E-state index contributed by atoms with van der Waals surface area (Å²) in [6, 6.07) is 6.93. The van der Waals surface area contributed by atoms with Crippen LogP contribution in [-0.2, 0) is 9.59 Å². The molecule has 1 aromatic carbocycles. The Morgan fingerprint density at radius 3 is 2.86 bits per heavy atom. The molecule has 1 fully saturated rings. The Bertz CT molecular complexity index is 1170. The number of hydrogen-bond acceptors (Lipinski definition) is 5. The number of halogens is 1. The molecule has 2 amide bonds. The number of nitrogens with zero attached hydrogens (tertiary/aromatic N) is 3. The summed E-state index contributed by atoms with van der Waals surface area (Å²) in [6.07, 6.45) is 1.38. The molecule has 3 aromatic rings. The number of aryl methyl sites for hydroxylation is 2. The molecule has 1 N–H and O–H groups in total. The van der Waals surface area contributed by atoms with E-state index in [9.17, 15) is 14.4 Å². The number of benzene rings is 1. The van der Waals surface area contributed by atoms with E-state index in [4.69, 9.17) is 11.6 Å². The predicted molar refractivity (Wildman–Crippen MR) is 110 cm³/mol. The molecule has 1 atom stereocenters. The molecule has 0 unspecified atom stereocenters. The van der Waals surface area contributed by atoms with Gasteiger partial charge in [0.05, 0.1) is 11.3 Å². The average Bonchev–Trinajstić information content (AvgIpc) is 3.18. The van der Waals surface area contributed by atoms with Crippen molar-refractivity contribution in [3.8, 4) is 0 Å². The van der Waals surface area contributed by atoms with Gasteiger partial charge < -0.3 is 4.90 Å². The van der Waals surface area contributed by atoms with Crippen LogP contribution in [0.1, 0.15) is 16.9 Å². The topological polar surface area (TPSA) is 84.3 Å². The molecule has 28 heavy (non-hydrogen) atoms. The lowest BCUT2D eigenvalue weighted by atomic mass is 10.1. The minimum atomic E-state index is -0.570. The molecule has 0 spiro atoms. The van der Waals surface area contributed by atoms with Gasteiger partial charge in [-0.15, -0.1) is 11.3 Å². The van der Waals surface area contributed by atoms with Crippen molar-refractivity contribution in [1.29, 1.82) is 0 Å². The van der Waals surface area contributed by atoms with E-state index in [1.807, 2.05) is 13.8 Å². The van der Waals surface area contributed by atoms with Crippen molar-refractivity contribution in [3.05, 3.63) is 56.4 Å². The Labute approximate surface area is 169 Å². The maximum absolute atomic E-state index is 12.7. The molecule has 0 aliphatic carbocycles. The first-order valence-corrected chi connectivity index (χ1v) is 9.88. The van der Waals surface area contributed by atoms with Crippen LogP contribution < -0.4 is 15.9 Å². The van der Waals surface area contributed by atoms with Crippen molar-refractivity contribution in [2.24, 2.45) is 5.92 Å². The first kappa shape index (κ1) is 18.6. The van der Waals surface area contributed by atoms with Crippen LogP contribution in [0.2, 0.25) is 5.02 Å². The molecule has 1 aliphatic heterocycles. The summed E-state index contributed by atoms with van der Waals surface area (Å²) in [5.74, 6) is -1.13. The fourth-order valence-electron chi connectivity index (χ4n) is 3.30. The minimum absolute atomic E-state index is 0.0688. The summed E-state index contributed by atoms with van der Waals surface area (Å²) >= 11 is 7.44. The van der Waals surface area contributed by atoms with Crippen molar-refractivity contribution >= 4 is 50.7 Å². The highest BCUT2D eigenvalue weighted by Crippen LogP contribution is 2.28. The van der Waals surface area contributed by atoms with Crippen LogP contribution in [0.4, 0.5) is 5.69 Å². The molecule has 1 aliphatic rings. The van der Waals surface area contributed by atoms with Crippen molar-refractivity contribution in [3.63, 3.8) is 0 Å². The quantitative estimate of drug-likeness (QED) is 0.711. The number of thiophene rings is 1. The third-order valence-electron chi connectivity index (χ3n) is 4.94. The number of nitrogens with one attached hydrogen (secondary N) is 1. The second-order valence-electron chi connectivity index (χ2n) is 6.74. The molecule has 1 saturated heterocycles. The lowest BCUT2D eigenvalue weighted by molar-refractivity contribution is -0.123. The fraction of sp³-hybridized carbons (Fsp3) is 0.263. The summed E-state index contributed by atoms with van der Waals surface area (Å²) < 4.78 is 1.09. The molecule has 2 aromatic heterocycles. The van der Waals surface area contributed by atoms with E-state index in [0.29, 0.717) is 20.9 Å². The highest BCUT2D eigenvalue weighted by molar-refractivity contribution is 7.18. The SMILES string of the molecule is Cc1sc2ncn(NC(=O)[C@@H]3CC(=O)N(c4cccc(Cl)c4)C3)c(=O)c2c1C. The Balaban J connectivity index is 1.55. The minimum Gasteiger partial charge on any atom is -0.312 e. The Hall–Kier alpha value is -2.71. The van der Waals surface area contributed by atoms with Gasteiger partial charge >= 0.3 is 0 Å². The summed E-state index contributed by atoms with van der Waals surface area (Å²) in [5, 5.41) is 1.03. The summed E-state index contributed by atoms with van der Waals surface area (Å²) in [6.45, 7) is 4.02. The normalized spacial score (nSPS) is 16.8. The predicted octanol–water partition coefficient (Wildman–Crippen LogP) is 2.85.